The first-order valence-electron chi connectivity index (χ1n) is 6.75. The third kappa shape index (κ3) is 4.32. The lowest BCUT2D eigenvalue weighted by molar-refractivity contribution is -0.119. The van der Waals surface area contributed by atoms with Crippen LogP contribution < -0.4 is 11.1 Å². The summed E-state index contributed by atoms with van der Waals surface area (Å²) in [5.41, 5.74) is 6.80. The maximum atomic E-state index is 12.0. The van der Waals surface area contributed by atoms with E-state index in [1.807, 2.05) is 44.2 Å². The zero-order valence-corrected chi connectivity index (χ0v) is 14.0. The number of thioether (sulfide) groups is 1. The van der Waals surface area contributed by atoms with Gasteiger partial charge in [0.1, 0.15) is 10.7 Å². The van der Waals surface area contributed by atoms with Gasteiger partial charge in [-0.1, -0.05) is 67.3 Å². The number of thiazole rings is 1. The fourth-order valence-corrected chi connectivity index (χ4v) is 3.44. The molecule has 5 nitrogen and oxygen atoms in total. The summed E-state index contributed by atoms with van der Waals surface area (Å²) in [5.74, 6) is -0.409. The lowest BCUT2D eigenvalue weighted by Crippen LogP contribution is -2.17. The Balaban J connectivity index is 2.32. The maximum absolute atomic E-state index is 12.0. The topological polar surface area (TPSA) is 85.1 Å². The Labute approximate surface area is 137 Å². The number of nitrogens with two attached hydrogens (primary N) is 1. The lowest BCUT2D eigenvalue weighted by Gasteiger charge is -2.07. The SMILES string of the molecule is CC(C)C(=O)Nc1sc(SCC(N)=O)nc1-c1ccccc1. The number of hydrogen-bond donors (Lipinski definition) is 2. The van der Waals surface area contributed by atoms with Crippen LogP contribution in [0.1, 0.15) is 13.8 Å². The van der Waals surface area contributed by atoms with Gasteiger partial charge in [0.15, 0.2) is 4.34 Å². The summed E-state index contributed by atoms with van der Waals surface area (Å²) in [6.07, 6.45) is 0. The van der Waals surface area contributed by atoms with Gasteiger partial charge in [-0.25, -0.2) is 4.98 Å². The van der Waals surface area contributed by atoms with Crippen molar-refractivity contribution in [2.75, 3.05) is 11.1 Å². The number of nitrogens with zero attached hydrogens (tertiary/aromatic N) is 1. The summed E-state index contributed by atoms with van der Waals surface area (Å²) < 4.78 is 0.705. The number of benzene rings is 1. The highest BCUT2D eigenvalue weighted by molar-refractivity contribution is 8.01. The van der Waals surface area contributed by atoms with Crippen molar-refractivity contribution < 1.29 is 9.59 Å². The van der Waals surface area contributed by atoms with Crippen LogP contribution in [0.25, 0.3) is 11.3 Å². The number of carbonyl (C=O) groups excluding carboxylic acids is 2. The molecule has 0 saturated heterocycles. The summed E-state index contributed by atoms with van der Waals surface area (Å²) in [7, 11) is 0. The summed E-state index contributed by atoms with van der Waals surface area (Å²) in [6, 6.07) is 9.62. The molecule has 1 aromatic carbocycles. The molecule has 0 aliphatic carbocycles. The molecule has 0 unspecified atom stereocenters. The van der Waals surface area contributed by atoms with Crippen LogP contribution in [0.2, 0.25) is 0 Å². The van der Waals surface area contributed by atoms with Crippen LogP contribution in [-0.2, 0) is 9.59 Å². The summed E-state index contributed by atoms with van der Waals surface area (Å²) in [6.45, 7) is 3.67. The van der Waals surface area contributed by atoms with Crippen LogP contribution in [0.4, 0.5) is 5.00 Å². The molecular weight excluding hydrogens is 318 g/mol. The number of primary amides is 1. The first-order valence-corrected chi connectivity index (χ1v) is 8.55. The van der Waals surface area contributed by atoms with Crippen LogP contribution in [-0.4, -0.2) is 22.6 Å². The van der Waals surface area contributed by atoms with Gasteiger partial charge >= 0.3 is 0 Å². The zero-order chi connectivity index (χ0) is 16.1. The molecule has 0 fully saturated rings. The van der Waals surface area contributed by atoms with Crippen molar-refractivity contribution in [2.24, 2.45) is 11.7 Å². The number of aromatic nitrogens is 1. The van der Waals surface area contributed by atoms with Crippen molar-refractivity contribution in [1.82, 2.24) is 4.98 Å². The number of carbonyl (C=O) groups is 2. The Morgan fingerprint density at radius 3 is 2.59 bits per heavy atom. The van der Waals surface area contributed by atoms with Gasteiger partial charge in [-0.3, -0.25) is 9.59 Å². The van der Waals surface area contributed by atoms with Crippen LogP contribution >= 0.6 is 23.1 Å². The van der Waals surface area contributed by atoms with Gasteiger partial charge in [0.25, 0.3) is 0 Å². The van der Waals surface area contributed by atoms with Gasteiger partial charge in [0.05, 0.1) is 5.75 Å². The first kappa shape index (κ1) is 16.5. The van der Waals surface area contributed by atoms with E-state index in [4.69, 9.17) is 5.73 Å². The fraction of sp³-hybridized carbons (Fsp3) is 0.267. The fourth-order valence-electron chi connectivity index (χ4n) is 1.63. The number of rotatable bonds is 6. The highest BCUT2D eigenvalue weighted by atomic mass is 32.2. The van der Waals surface area contributed by atoms with Gasteiger partial charge in [-0.15, -0.1) is 0 Å². The van der Waals surface area contributed by atoms with Crippen LogP contribution in [0.5, 0.6) is 0 Å². The molecule has 3 N–H and O–H groups in total. The molecule has 0 aliphatic rings. The molecule has 2 amide bonds. The Morgan fingerprint density at radius 1 is 1.32 bits per heavy atom. The van der Waals surface area contributed by atoms with Crippen LogP contribution in [0.3, 0.4) is 0 Å². The van der Waals surface area contributed by atoms with Crippen LogP contribution in [0, 0.1) is 5.92 Å². The molecule has 0 radical (unpaired) electrons. The highest BCUT2D eigenvalue weighted by Gasteiger charge is 2.17. The van der Waals surface area contributed by atoms with Gasteiger partial charge in [-0.05, 0) is 0 Å². The standard InChI is InChI=1S/C15H17N3O2S2/c1-9(2)13(20)18-14-12(10-6-4-3-5-7-10)17-15(22-14)21-8-11(16)19/h3-7,9H,8H2,1-2H3,(H2,16,19)(H,18,20). The minimum absolute atomic E-state index is 0.0627. The summed E-state index contributed by atoms with van der Waals surface area (Å²) in [5, 5.41) is 3.60. The molecule has 1 aromatic heterocycles. The molecule has 22 heavy (non-hydrogen) atoms. The normalized spacial score (nSPS) is 10.7. The summed E-state index contributed by atoms with van der Waals surface area (Å²) >= 11 is 2.63. The number of anilines is 1. The molecule has 7 heteroatoms. The predicted molar refractivity (Wildman–Crippen MR) is 90.9 cm³/mol. The zero-order valence-electron chi connectivity index (χ0n) is 12.3. The maximum Gasteiger partial charge on any atom is 0.227 e. The van der Waals surface area contributed by atoms with Crippen molar-refractivity contribution >= 4 is 39.9 Å². The van der Waals surface area contributed by atoms with E-state index in [2.05, 4.69) is 10.3 Å². The van der Waals surface area contributed by atoms with E-state index in [1.54, 1.807) is 0 Å². The molecule has 2 rings (SSSR count). The second-order valence-corrected chi connectivity index (χ2v) is 7.14. The predicted octanol–water partition coefficient (Wildman–Crippen LogP) is 2.98. The second kappa shape index (κ2) is 7.42. The minimum atomic E-state index is -0.394. The van der Waals surface area contributed by atoms with E-state index in [1.165, 1.54) is 23.1 Å². The Bertz CT molecular complexity index is 669. The average molecular weight is 335 g/mol. The number of hydrogen-bond acceptors (Lipinski definition) is 5. The molecule has 116 valence electrons. The molecule has 0 saturated carbocycles. The van der Waals surface area contributed by atoms with Crippen LogP contribution in [0.15, 0.2) is 34.7 Å². The second-order valence-electron chi connectivity index (χ2n) is 4.92. The molecule has 0 atom stereocenters. The Hall–Kier alpha value is -1.86. The van der Waals surface area contributed by atoms with E-state index < -0.39 is 5.91 Å². The van der Waals surface area contributed by atoms with E-state index in [0.717, 1.165) is 5.56 Å². The third-order valence-electron chi connectivity index (χ3n) is 2.75. The van der Waals surface area contributed by atoms with E-state index in [0.29, 0.717) is 15.0 Å². The molecular formula is C15H17N3O2S2. The summed E-state index contributed by atoms with van der Waals surface area (Å²) in [4.78, 5) is 27.4. The average Bonchev–Trinajstić information content (AvgIpc) is 2.89. The minimum Gasteiger partial charge on any atom is -0.369 e. The number of amides is 2. The first-order chi connectivity index (χ1) is 10.5. The molecule has 0 bridgehead atoms. The lowest BCUT2D eigenvalue weighted by atomic mass is 10.1. The molecule has 0 aliphatic heterocycles. The van der Waals surface area contributed by atoms with Crippen molar-refractivity contribution in [3.63, 3.8) is 0 Å². The molecule has 1 heterocycles. The van der Waals surface area contributed by atoms with Crippen molar-refractivity contribution in [3.05, 3.63) is 30.3 Å². The van der Waals surface area contributed by atoms with E-state index in [-0.39, 0.29) is 17.6 Å². The van der Waals surface area contributed by atoms with Gasteiger partial charge < -0.3 is 11.1 Å². The van der Waals surface area contributed by atoms with Gasteiger partial charge in [0.2, 0.25) is 11.8 Å². The van der Waals surface area contributed by atoms with Crippen molar-refractivity contribution in [2.45, 2.75) is 18.2 Å². The monoisotopic (exact) mass is 335 g/mol. The van der Waals surface area contributed by atoms with Gasteiger partial charge in [-0.2, -0.15) is 0 Å². The van der Waals surface area contributed by atoms with E-state index >= 15 is 0 Å². The Morgan fingerprint density at radius 2 is 2.00 bits per heavy atom. The Kier molecular flexibility index (Phi) is 5.57. The number of nitrogens with one attached hydrogen (secondary N) is 1. The molecule has 0 spiro atoms. The smallest absolute Gasteiger partial charge is 0.227 e. The van der Waals surface area contributed by atoms with E-state index in [9.17, 15) is 9.59 Å². The van der Waals surface area contributed by atoms with Crippen molar-refractivity contribution in [1.29, 1.82) is 0 Å². The highest BCUT2D eigenvalue weighted by Crippen LogP contribution is 2.37. The quantitative estimate of drug-likeness (QED) is 0.795. The molecule has 2 aromatic rings. The van der Waals surface area contributed by atoms with Crippen molar-refractivity contribution in [3.8, 4) is 11.3 Å². The van der Waals surface area contributed by atoms with Gasteiger partial charge in [0, 0.05) is 11.5 Å². The largest absolute Gasteiger partial charge is 0.369 e. The third-order valence-corrected chi connectivity index (χ3v) is 4.89.